The minimum atomic E-state index is -1.14. The molecule has 6 nitrogen and oxygen atoms in total. The lowest BCUT2D eigenvalue weighted by molar-refractivity contribution is -0.135. The third kappa shape index (κ3) is 3.73. The molecule has 28 heavy (non-hydrogen) atoms. The lowest BCUT2D eigenvalue weighted by Gasteiger charge is -2.25. The molecule has 3 rings (SSSR count). The van der Waals surface area contributed by atoms with Crippen LogP contribution >= 0.6 is 11.6 Å². The number of halogens is 1. The van der Waals surface area contributed by atoms with Crippen molar-refractivity contribution in [3.8, 4) is 0 Å². The molecule has 2 N–H and O–H groups in total. The Bertz CT molecular complexity index is 886. The van der Waals surface area contributed by atoms with Gasteiger partial charge in [-0.25, -0.2) is 4.79 Å². The van der Waals surface area contributed by atoms with E-state index in [-0.39, 0.29) is 12.6 Å². The fourth-order valence-electron chi connectivity index (χ4n) is 3.40. The van der Waals surface area contributed by atoms with E-state index in [4.69, 9.17) is 11.6 Å². The van der Waals surface area contributed by atoms with Crippen LogP contribution in [0.2, 0.25) is 5.02 Å². The first-order valence-electron chi connectivity index (χ1n) is 9.12. The van der Waals surface area contributed by atoms with Crippen LogP contribution in [0.4, 0.5) is 4.79 Å². The van der Waals surface area contributed by atoms with E-state index in [0.717, 1.165) is 10.5 Å². The van der Waals surface area contributed by atoms with Crippen molar-refractivity contribution in [3.63, 3.8) is 0 Å². The van der Waals surface area contributed by atoms with Gasteiger partial charge in [-0.15, -0.1) is 0 Å². The SMILES string of the molecule is CCC1(c2ccccc2)NC(=O)N(CC(=O)NC(C)c2ccc(Cl)cc2)C1=O. The molecule has 1 aliphatic heterocycles. The van der Waals surface area contributed by atoms with Crippen LogP contribution in [0.1, 0.15) is 37.4 Å². The van der Waals surface area contributed by atoms with Crippen LogP contribution < -0.4 is 10.6 Å². The summed E-state index contributed by atoms with van der Waals surface area (Å²) in [5.74, 6) is -0.827. The van der Waals surface area contributed by atoms with Crippen molar-refractivity contribution < 1.29 is 14.4 Å². The Balaban J connectivity index is 1.72. The van der Waals surface area contributed by atoms with Crippen molar-refractivity contribution >= 4 is 29.4 Å². The molecule has 146 valence electrons. The normalized spacial score (nSPS) is 20.0. The van der Waals surface area contributed by atoms with Crippen LogP contribution in [-0.4, -0.2) is 29.3 Å². The second-order valence-electron chi connectivity index (χ2n) is 6.79. The topological polar surface area (TPSA) is 78.5 Å². The van der Waals surface area contributed by atoms with Crippen LogP contribution in [0, 0.1) is 0 Å². The molecule has 1 aliphatic rings. The predicted octanol–water partition coefficient (Wildman–Crippen LogP) is 3.37. The second-order valence-corrected chi connectivity index (χ2v) is 7.22. The van der Waals surface area contributed by atoms with Gasteiger partial charge in [0.1, 0.15) is 12.1 Å². The number of imide groups is 1. The third-order valence-electron chi connectivity index (χ3n) is 5.02. The van der Waals surface area contributed by atoms with Gasteiger partial charge in [-0.1, -0.05) is 61.0 Å². The Labute approximate surface area is 168 Å². The van der Waals surface area contributed by atoms with Crippen molar-refractivity contribution in [2.75, 3.05) is 6.54 Å². The van der Waals surface area contributed by atoms with Crippen LogP contribution in [0.5, 0.6) is 0 Å². The van der Waals surface area contributed by atoms with E-state index >= 15 is 0 Å². The largest absolute Gasteiger partial charge is 0.348 e. The number of nitrogens with one attached hydrogen (secondary N) is 2. The molecule has 2 aromatic rings. The Kier molecular flexibility index (Phi) is 5.70. The second kappa shape index (κ2) is 8.02. The van der Waals surface area contributed by atoms with Gasteiger partial charge in [-0.3, -0.25) is 14.5 Å². The average Bonchev–Trinajstić information content (AvgIpc) is 2.94. The van der Waals surface area contributed by atoms with Crippen molar-refractivity contribution in [2.24, 2.45) is 0 Å². The van der Waals surface area contributed by atoms with E-state index in [1.165, 1.54) is 0 Å². The monoisotopic (exact) mass is 399 g/mol. The van der Waals surface area contributed by atoms with Crippen molar-refractivity contribution in [3.05, 3.63) is 70.7 Å². The molecule has 2 atom stereocenters. The lowest BCUT2D eigenvalue weighted by Crippen LogP contribution is -2.45. The van der Waals surface area contributed by atoms with E-state index in [1.54, 1.807) is 24.3 Å². The molecular formula is C21H22ClN3O3. The van der Waals surface area contributed by atoms with Crippen molar-refractivity contribution in [1.29, 1.82) is 0 Å². The Morgan fingerprint density at radius 1 is 1.14 bits per heavy atom. The highest BCUT2D eigenvalue weighted by Crippen LogP contribution is 2.32. The number of urea groups is 1. The molecule has 0 spiro atoms. The molecule has 0 bridgehead atoms. The predicted molar refractivity (Wildman–Crippen MR) is 107 cm³/mol. The molecule has 0 aliphatic carbocycles. The summed E-state index contributed by atoms with van der Waals surface area (Å²) in [7, 11) is 0. The van der Waals surface area contributed by atoms with Gasteiger partial charge in [0.2, 0.25) is 5.91 Å². The van der Waals surface area contributed by atoms with Gasteiger partial charge in [-0.05, 0) is 36.6 Å². The Morgan fingerprint density at radius 3 is 2.39 bits per heavy atom. The summed E-state index contributed by atoms with van der Waals surface area (Å²) < 4.78 is 0. The first-order chi connectivity index (χ1) is 13.4. The van der Waals surface area contributed by atoms with Gasteiger partial charge in [0.15, 0.2) is 0 Å². The zero-order valence-corrected chi connectivity index (χ0v) is 16.5. The summed E-state index contributed by atoms with van der Waals surface area (Å²) in [5, 5.41) is 6.20. The van der Waals surface area contributed by atoms with Crippen LogP contribution in [0.25, 0.3) is 0 Å². The Morgan fingerprint density at radius 2 is 1.79 bits per heavy atom. The quantitative estimate of drug-likeness (QED) is 0.731. The van der Waals surface area contributed by atoms with Gasteiger partial charge < -0.3 is 10.6 Å². The summed E-state index contributed by atoms with van der Waals surface area (Å²) in [6, 6.07) is 15.3. The highest BCUT2D eigenvalue weighted by molar-refractivity contribution is 6.30. The van der Waals surface area contributed by atoms with E-state index < -0.39 is 23.4 Å². The van der Waals surface area contributed by atoms with Gasteiger partial charge in [-0.2, -0.15) is 0 Å². The Hall–Kier alpha value is -2.86. The van der Waals surface area contributed by atoms with Gasteiger partial charge in [0.05, 0.1) is 6.04 Å². The average molecular weight is 400 g/mol. The number of hydrogen-bond acceptors (Lipinski definition) is 3. The van der Waals surface area contributed by atoms with E-state index in [9.17, 15) is 14.4 Å². The fourth-order valence-corrected chi connectivity index (χ4v) is 3.52. The summed E-state index contributed by atoms with van der Waals surface area (Å²) in [5.41, 5.74) is 0.441. The highest BCUT2D eigenvalue weighted by Gasteiger charge is 2.51. The lowest BCUT2D eigenvalue weighted by atomic mass is 9.87. The smallest absolute Gasteiger partial charge is 0.325 e. The molecule has 1 fully saturated rings. The van der Waals surface area contributed by atoms with Crippen molar-refractivity contribution in [1.82, 2.24) is 15.5 Å². The maximum absolute atomic E-state index is 13.0. The fraction of sp³-hybridized carbons (Fsp3) is 0.286. The molecule has 4 amide bonds. The molecule has 1 heterocycles. The molecular weight excluding hydrogens is 378 g/mol. The van der Waals surface area contributed by atoms with E-state index in [0.29, 0.717) is 17.0 Å². The summed E-state index contributed by atoms with van der Waals surface area (Å²) in [6.45, 7) is 3.32. The minimum absolute atomic E-state index is 0.282. The van der Waals surface area contributed by atoms with Crippen LogP contribution in [0.15, 0.2) is 54.6 Å². The van der Waals surface area contributed by atoms with Crippen molar-refractivity contribution in [2.45, 2.75) is 31.8 Å². The number of carbonyl (C=O) groups is 3. The number of amides is 4. The van der Waals surface area contributed by atoms with Gasteiger partial charge >= 0.3 is 6.03 Å². The zero-order valence-electron chi connectivity index (χ0n) is 15.7. The molecule has 1 saturated heterocycles. The summed E-state index contributed by atoms with van der Waals surface area (Å²) >= 11 is 5.88. The molecule has 7 heteroatoms. The molecule has 2 aromatic carbocycles. The number of carbonyl (C=O) groups excluding carboxylic acids is 3. The number of nitrogens with zero attached hydrogens (tertiary/aromatic N) is 1. The zero-order chi connectivity index (χ0) is 20.3. The number of hydrogen-bond donors (Lipinski definition) is 2. The molecule has 0 radical (unpaired) electrons. The minimum Gasteiger partial charge on any atom is -0.348 e. The number of benzene rings is 2. The highest BCUT2D eigenvalue weighted by atomic mass is 35.5. The summed E-state index contributed by atoms with van der Waals surface area (Å²) in [4.78, 5) is 38.9. The molecule has 2 unspecified atom stereocenters. The molecule has 0 aromatic heterocycles. The maximum atomic E-state index is 13.0. The standard InChI is InChI=1S/C21H22ClN3O3/c1-3-21(16-7-5-4-6-8-16)19(27)25(20(28)24-21)13-18(26)23-14(2)15-9-11-17(22)12-10-15/h4-12,14H,3,13H2,1-2H3,(H,23,26)(H,24,28). The number of rotatable bonds is 6. The van der Waals surface area contributed by atoms with Gasteiger partial charge in [0, 0.05) is 5.02 Å². The van der Waals surface area contributed by atoms with Crippen LogP contribution in [-0.2, 0) is 15.1 Å². The molecule has 0 saturated carbocycles. The third-order valence-corrected chi connectivity index (χ3v) is 5.27. The van der Waals surface area contributed by atoms with E-state index in [2.05, 4.69) is 10.6 Å². The summed E-state index contributed by atoms with van der Waals surface area (Å²) in [6.07, 6.45) is 0.390. The van der Waals surface area contributed by atoms with Gasteiger partial charge in [0.25, 0.3) is 5.91 Å². The first kappa shape index (κ1) is 19.9. The first-order valence-corrected chi connectivity index (χ1v) is 9.49. The van der Waals surface area contributed by atoms with Crippen LogP contribution in [0.3, 0.4) is 0 Å². The maximum Gasteiger partial charge on any atom is 0.325 e. The van der Waals surface area contributed by atoms with E-state index in [1.807, 2.05) is 44.2 Å².